The summed E-state index contributed by atoms with van der Waals surface area (Å²) in [6.07, 6.45) is 2.36. The summed E-state index contributed by atoms with van der Waals surface area (Å²) in [6, 6.07) is 7.74. The quantitative estimate of drug-likeness (QED) is 0.651. The highest BCUT2D eigenvalue weighted by Crippen LogP contribution is 2.31. The standard InChI is InChI=1S/C11H11NO/c12-7-8-3-1-5-10-9(8)4-2-6-11(10)13/h1,3,5,11,13H,2,4,6H2/t11-/m0/s1. The van der Waals surface area contributed by atoms with Crippen molar-refractivity contribution in [2.75, 3.05) is 0 Å². The number of aliphatic hydroxyl groups is 1. The SMILES string of the molecule is N#Cc1cccc2c1CCC[C@@H]2O. The number of fused-ring (bicyclic) bond motifs is 1. The Morgan fingerprint density at radius 1 is 1.46 bits per heavy atom. The molecule has 0 aromatic heterocycles. The summed E-state index contributed by atoms with van der Waals surface area (Å²) in [5, 5.41) is 18.5. The van der Waals surface area contributed by atoms with E-state index >= 15 is 0 Å². The smallest absolute Gasteiger partial charge is 0.0994 e. The number of aliphatic hydroxyl groups excluding tert-OH is 1. The zero-order valence-electron chi connectivity index (χ0n) is 7.33. The first-order valence-electron chi connectivity index (χ1n) is 4.53. The second-order valence-electron chi connectivity index (χ2n) is 3.39. The lowest BCUT2D eigenvalue weighted by atomic mass is 9.87. The molecule has 0 aliphatic heterocycles. The maximum Gasteiger partial charge on any atom is 0.0994 e. The van der Waals surface area contributed by atoms with E-state index in [-0.39, 0.29) is 6.10 Å². The maximum absolute atomic E-state index is 9.67. The lowest BCUT2D eigenvalue weighted by Crippen LogP contribution is -2.10. The average Bonchev–Trinajstić information content (AvgIpc) is 2.18. The molecule has 1 aromatic rings. The fraction of sp³-hybridized carbons (Fsp3) is 0.364. The van der Waals surface area contributed by atoms with Crippen LogP contribution in [0.25, 0.3) is 0 Å². The number of nitriles is 1. The Morgan fingerprint density at radius 3 is 3.08 bits per heavy atom. The molecule has 0 saturated carbocycles. The molecule has 0 radical (unpaired) electrons. The first-order chi connectivity index (χ1) is 6.33. The van der Waals surface area contributed by atoms with E-state index in [1.165, 1.54) is 0 Å². The van der Waals surface area contributed by atoms with Gasteiger partial charge < -0.3 is 5.11 Å². The van der Waals surface area contributed by atoms with Crippen LogP contribution < -0.4 is 0 Å². The van der Waals surface area contributed by atoms with Gasteiger partial charge in [0, 0.05) is 0 Å². The van der Waals surface area contributed by atoms with Gasteiger partial charge in [-0.3, -0.25) is 0 Å². The summed E-state index contributed by atoms with van der Waals surface area (Å²) in [7, 11) is 0. The van der Waals surface area contributed by atoms with Gasteiger partial charge in [-0.05, 0) is 36.5 Å². The highest BCUT2D eigenvalue weighted by molar-refractivity contribution is 5.44. The predicted molar refractivity (Wildman–Crippen MR) is 49.1 cm³/mol. The van der Waals surface area contributed by atoms with E-state index in [4.69, 9.17) is 5.26 Å². The molecule has 2 nitrogen and oxygen atoms in total. The van der Waals surface area contributed by atoms with E-state index in [1.54, 1.807) is 0 Å². The van der Waals surface area contributed by atoms with Gasteiger partial charge >= 0.3 is 0 Å². The second kappa shape index (κ2) is 3.20. The van der Waals surface area contributed by atoms with Crippen molar-refractivity contribution in [3.63, 3.8) is 0 Å². The Bertz CT molecular complexity index is 365. The Labute approximate surface area is 77.4 Å². The minimum Gasteiger partial charge on any atom is -0.388 e. The van der Waals surface area contributed by atoms with Gasteiger partial charge in [-0.15, -0.1) is 0 Å². The highest BCUT2D eigenvalue weighted by atomic mass is 16.3. The molecule has 1 aliphatic rings. The van der Waals surface area contributed by atoms with Gasteiger partial charge in [0.15, 0.2) is 0 Å². The van der Waals surface area contributed by atoms with Gasteiger partial charge in [0.25, 0.3) is 0 Å². The Hall–Kier alpha value is -1.33. The normalized spacial score (nSPS) is 20.5. The molecule has 0 spiro atoms. The average molecular weight is 173 g/mol. The molecular formula is C11H11NO. The number of rotatable bonds is 0. The number of hydrogen-bond acceptors (Lipinski definition) is 2. The van der Waals surface area contributed by atoms with Crippen molar-refractivity contribution in [1.29, 1.82) is 5.26 Å². The molecule has 0 saturated heterocycles. The highest BCUT2D eigenvalue weighted by Gasteiger charge is 2.19. The van der Waals surface area contributed by atoms with Gasteiger partial charge in [0.2, 0.25) is 0 Å². The first-order valence-corrected chi connectivity index (χ1v) is 4.53. The van der Waals surface area contributed by atoms with Gasteiger partial charge in [0.05, 0.1) is 17.7 Å². The largest absolute Gasteiger partial charge is 0.388 e. The van der Waals surface area contributed by atoms with Crippen molar-refractivity contribution in [2.24, 2.45) is 0 Å². The number of nitrogens with zero attached hydrogens (tertiary/aromatic N) is 1. The van der Waals surface area contributed by atoms with Crippen molar-refractivity contribution >= 4 is 0 Å². The number of benzene rings is 1. The Morgan fingerprint density at radius 2 is 2.31 bits per heavy atom. The van der Waals surface area contributed by atoms with Gasteiger partial charge in [-0.2, -0.15) is 5.26 Å². The minimum atomic E-state index is -0.364. The molecule has 0 fully saturated rings. The van der Waals surface area contributed by atoms with Crippen LogP contribution in [0.3, 0.4) is 0 Å². The third-order valence-electron chi connectivity index (χ3n) is 2.60. The molecule has 0 unspecified atom stereocenters. The third kappa shape index (κ3) is 1.32. The van der Waals surface area contributed by atoms with Crippen molar-refractivity contribution < 1.29 is 5.11 Å². The fourth-order valence-electron chi connectivity index (χ4n) is 1.93. The lowest BCUT2D eigenvalue weighted by Gasteiger charge is -2.21. The molecule has 66 valence electrons. The van der Waals surface area contributed by atoms with Gasteiger partial charge in [0.1, 0.15) is 0 Å². The summed E-state index contributed by atoms with van der Waals surface area (Å²) in [4.78, 5) is 0. The summed E-state index contributed by atoms with van der Waals surface area (Å²) in [5.74, 6) is 0. The van der Waals surface area contributed by atoms with E-state index in [0.717, 1.165) is 36.0 Å². The van der Waals surface area contributed by atoms with Crippen LogP contribution >= 0.6 is 0 Å². The second-order valence-corrected chi connectivity index (χ2v) is 3.39. The Kier molecular flexibility index (Phi) is 2.03. The maximum atomic E-state index is 9.67. The molecule has 0 amide bonds. The molecular weight excluding hydrogens is 162 g/mol. The Balaban J connectivity index is 2.56. The fourth-order valence-corrected chi connectivity index (χ4v) is 1.93. The lowest BCUT2D eigenvalue weighted by molar-refractivity contribution is 0.156. The molecule has 0 heterocycles. The zero-order valence-corrected chi connectivity index (χ0v) is 7.33. The minimum absolute atomic E-state index is 0.364. The first kappa shape index (κ1) is 8.28. The molecule has 1 N–H and O–H groups in total. The monoisotopic (exact) mass is 173 g/mol. The van der Waals surface area contributed by atoms with Crippen LogP contribution in [0.15, 0.2) is 18.2 Å². The summed E-state index contributed by atoms with van der Waals surface area (Å²) in [6.45, 7) is 0. The molecule has 2 heteroatoms. The predicted octanol–water partition coefficient (Wildman–Crippen LogP) is 1.93. The zero-order chi connectivity index (χ0) is 9.26. The molecule has 13 heavy (non-hydrogen) atoms. The van der Waals surface area contributed by atoms with Gasteiger partial charge in [-0.25, -0.2) is 0 Å². The molecule has 1 aromatic carbocycles. The van der Waals surface area contributed by atoms with Crippen LogP contribution in [0.4, 0.5) is 0 Å². The van der Waals surface area contributed by atoms with Crippen molar-refractivity contribution in [1.82, 2.24) is 0 Å². The van der Waals surface area contributed by atoms with E-state index in [0.29, 0.717) is 0 Å². The number of hydrogen-bond donors (Lipinski definition) is 1. The summed E-state index contributed by atoms with van der Waals surface area (Å²) < 4.78 is 0. The van der Waals surface area contributed by atoms with Crippen LogP contribution in [0.1, 0.15) is 35.6 Å². The van der Waals surface area contributed by atoms with Crippen LogP contribution in [0, 0.1) is 11.3 Å². The van der Waals surface area contributed by atoms with E-state index in [9.17, 15) is 5.11 Å². The van der Waals surface area contributed by atoms with Gasteiger partial charge in [-0.1, -0.05) is 12.1 Å². The molecule has 2 rings (SSSR count). The van der Waals surface area contributed by atoms with Crippen LogP contribution in [0.2, 0.25) is 0 Å². The van der Waals surface area contributed by atoms with E-state index in [2.05, 4.69) is 6.07 Å². The van der Waals surface area contributed by atoms with E-state index in [1.807, 2.05) is 18.2 Å². The van der Waals surface area contributed by atoms with Crippen molar-refractivity contribution in [3.8, 4) is 6.07 Å². The van der Waals surface area contributed by atoms with Crippen molar-refractivity contribution in [2.45, 2.75) is 25.4 Å². The van der Waals surface area contributed by atoms with E-state index < -0.39 is 0 Å². The molecule has 1 atom stereocenters. The topological polar surface area (TPSA) is 44.0 Å². The molecule has 0 bridgehead atoms. The van der Waals surface area contributed by atoms with Crippen LogP contribution in [-0.2, 0) is 6.42 Å². The van der Waals surface area contributed by atoms with Crippen LogP contribution in [0.5, 0.6) is 0 Å². The summed E-state index contributed by atoms with van der Waals surface area (Å²) in [5.41, 5.74) is 2.71. The van der Waals surface area contributed by atoms with Crippen molar-refractivity contribution in [3.05, 3.63) is 34.9 Å². The summed E-state index contributed by atoms with van der Waals surface area (Å²) >= 11 is 0. The molecule has 1 aliphatic carbocycles. The van der Waals surface area contributed by atoms with Crippen LogP contribution in [-0.4, -0.2) is 5.11 Å². The third-order valence-corrected chi connectivity index (χ3v) is 2.60.